The summed E-state index contributed by atoms with van der Waals surface area (Å²) in [6.07, 6.45) is 1.92. The number of halogens is 2. The van der Waals surface area contributed by atoms with Crippen LogP contribution in [-0.2, 0) is 13.0 Å². The zero-order valence-corrected chi connectivity index (χ0v) is 12.0. The largest absolute Gasteiger partial charge is 0.340 e. The first kappa shape index (κ1) is 12.5. The van der Waals surface area contributed by atoms with Crippen molar-refractivity contribution in [3.8, 4) is 0 Å². The Labute approximate surface area is 120 Å². The molecule has 19 heavy (non-hydrogen) atoms. The summed E-state index contributed by atoms with van der Waals surface area (Å²) in [7, 11) is 0. The van der Waals surface area contributed by atoms with Crippen LogP contribution in [0.4, 0.5) is 4.39 Å². The van der Waals surface area contributed by atoms with Crippen LogP contribution in [0, 0.1) is 10.6 Å². The third-order valence-electron chi connectivity index (χ3n) is 2.77. The molecule has 0 amide bonds. The van der Waals surface area contributed by atoms with Gasteiger partial charge in [0.2, 0.25) is 5.89 Å². The summed E-state index contributed by atoms with van der Waals surface area (Å²) in [6.45, 7) is 0.582. The van der Waals surface area contributed by atoms with Gasteiger partial charge in [-0.25, -0.2) is 4.39 Å². The summed E-state index contributed by atoms with van der Waals surface area (Å²) in [5.41, 5.74) is 1.49. The summed E-state index contributed by atoms with van der Waals surface area (Å²) >= 11 is 8.41. The molecule has 0 spiro atoms. The lowest BCUT2D eigenvalue weighted by Gasteiger charge is -2.02. The number of H-pyrrole nitrogens is 1. The Morgan fingerprint density at radius 1 is 1.47 bits per heavy atom. The Morgan fingerprint density at radius 2 is 2.32 bits per heavy atom. The van der Waals surface area contributed by atoms with E-state index in [0.29, 0.717) is 33.6 Å². The van der Waals surface area contributed by atoms with E-state index in [2.05, 4.69) is 31.1 Å². The highest BCUT2D eigenvalue weighted by molar-refractivity contribution is 9.10. The van der Waals surface area contributed by atoms with Crippen LogP contribution in [0.25, 0.3) is 11.0 Å². The summed E-state index contributed by atoms with van der Waals surface area (Å²) in [6, 6.07) is 3.11. The molecule has 8 heteroatoms. The van der Waals surface area contributed by atoms with Gasteiger partial charge in [-0.3, -0.25) is 0 Å². The number of benzene rings is 1. The molecule has 1 aromatic carbocycles. The number of aromatic amines is 1. The lowest BCUT2D eigenvalue weighted by molar-refractivity contribution is 0.371. The molecule has 0 aliphatic heterocycles. The molecule has 0 bridgehead atoms. The first-order valence-corrected chi connectivity index (χ1v) is 6.68. The second-order valence-electron chi connectivity index (χ2n) is 3.95. The van der Waals surface area contributed by atoms with Gasteiger partial charge in [0.25, 0.3) is 0 Å². The van der Waals surface area contributed by atoms with Gasteiger partial charge in [0.1, 0.15) is 5.82 Å². The molecule has 3 aromatic rings. The molecule has 0 saturated carbocycles. The van der Waals surface area contributed by atoms with Gasteiger partial charge >= 0.3 is 0 Å². The van der Waals surface area contributed by atoms with Gasteiger partial charge in [-0.2, -0.15) is 4.98 Å². The maximum Gasteiger partial charge on any atom is 0.228 e. The van der Waals surface area contributed by atoms with Gasteiger partial charge in [-0.15, -0.1) is 0 Å². The first-order chi connectivity index (χ1) is 9.15. The Bertz CT molecular complexity index is 780. The first-order valence-electron chi connectivity index (χ1n) is 5.48. The van der Waals surface area contributed by atoms with Crippen LogP contribution in [0.5, 0.6) is 0 Å². The number of aromatic nitrogens is 4. The lowest BCUT2D eigenvalue weighted by atomic mass is 10.3. The molecule has 2 aromatic heterocycles. The average Bonchev–Trinajstić information content (AvgIpc) is 2.96. The molecule has 98 valence electrons. The molecule has 0 atom stereocenters. The van der Waals surface area contributed by atoms with Crippen molar-refractivity contribution in [2.24, 2.45) is 0 Å². The molecule has 2 heterocycles. The molecule has 0 fully saturated rings. The minimum Gasteiger partial charge on any atom is -0.340 e. The van der Waals surface area contributed by atoms with Crippen molar-refractivity contribution in [3.05, 3.63) is 39.4 Å². The van der Waals surface area contributed by atoms with E-state index >= 15 is 0 Å². The molecule has 0 aliphatic carbocycles. The fourth-order valence-corrected chi connectivity index (χ4v) is 2.52. The summed E-state index contributed by atoms with van der Waals surface area (Å²) in [5, 5.41) is 3.55. The van der Waals surface area contributed by atoms with Crippen molar-refractivity contribution in [1.29, 1.82) is 0 Å². The highest BCUT2D eigenvalue weighted by Crippen LogP contribution is 2.23. The topological polar surface area (TPSA) is 59.6 Å². The fraction of sp³-hybridized carbons (Fsp3) is 0.182. The Hall–Kier alpha value is -1.54. The molecule has 0 unspecified atom stereocenters. The third-order valence-corrected chi connectivity index (χ3v) is 3.70. The van der Waals surface area contributed by atoms with E-state index in [0.717, 1.165) is 5.52 Å². The monoisotopic (exact) mass is 342 g/mol. The van der Waals surface area contributed by atoms with Crippen molar-refractivity contribution in [1.82, 2.24) is 19.7 Å². The number of aryl methyl sites for hydroxylation is 2. The van der Waals surface area contributed by atoms with Gasteiger partial charge < -0.3 is 14.1 Å². The molecule has 0 saturated heterocycles. The molecular formula is C11H8BrFN4OS. The van der Waals surface area contributed by atoms with Crippen LogP contribution < -0.4 is 0 Å². The highest BCUT2D eigenvalue weighted by Gasteiger charge is 2.09. The van der Waals surface area contributed by atoms with Gasteiger partial charge in [0.05, 0.1) is 15.5 Å². The van der Waals surface area contributed by atoms with Crippen LogP contribution in [-0.4, -0.2) is 19.7 Å². The van der Waals surface area contributed by atoms with Gasteiger partial charge in [0.15, 0.2) is 11.1 Å². The van der Waals surface area contributed by atoms with Crippen LogP contribution in [0.15, 0.2) is 27.5 Å². The Morgan fingerprint density at radius 3 is 3.05 bits per heavy atom. The quantitative estimate of drug-likeness (QED) is 0.742. The van der Waals surface area contributed by atoms with Crippen molar-refractivity contribution in [2.75, 3.05) is 0 Å². The molecule has 1 N–H and O–H groups in total. The number of rotatable bonds is 3. The van der Waals surface area contributed by atoms with Gasteiger partial charge in [0, 0.05) is 19.0 Å². The number of nitrogens with zero attached hydrogens (tertiary/aromatic N) is 3. The van der Waals surface area contributed by atoms with E-state index in [9.17, 15) is 4.39 Å². The Kier molecular flexibility index (Phi) is 3.19. The normalized spacial score (nSPS) is 11.3. The molecule has 0 aliphatic rings. The van der Waals surface area contributed by atoms with Crippen LogP contribution in [0.1, 0.15) is 5.89 Å². The van der Waals surface area contributed by atoms with Crippen LogP contribution in [0.3, 0.4) is 0 Å². The van der Waals surface area contributed by atoms with Crippen molar-refractivity contribution >= 4 is 39.2 Å². The molecule has 5 nitrogen and oxygen atoms in total. The van der Waals surface area contributed by atoms with E-state index in [4.69, 9.17) is 16.7 Å². The fourth-order valence-electron chi connectivity index (χ4n) is 1.89. The minimum absolute atomic E-state index is 0.326. The summed E-state index contributed by atoms with van der Waals surface area (Å²) in [5.74, 6) is 0.213. The molecule has 0 radical (unpaired) electrons. The second kappa shape index (κ2) is 4.86. The summed E-state index contributed by atoms with van der Waals surface area (Å²) < 4.78 is 21.2. The second-order valence-corrected chi connectivity index (χ2v) is 5.19. The van der Waals surface area contributed by atoms with Crippen LogP contribution >= 0.6 is 28.1 Å². The van der Waals surface area contributed by atoms with Gasteiger partial charge in [-0.1, -0.05) is 5.16 Å². The number of imidazole rings is 1. The maximum absolute atomic E-state index is 13.5. The minimum atomic E-state index is -0.326. The predicted octanol–water partition coefficient (Wildman–Crippen LogP) is 3.23. The maximum atomic E-state index is 13.5. The van der Waals surface area contributed by atoms with Gasteiger partial charge in [-0.05, 0) is 34.2 Å². The van der Waals surface area contributed by atoms with E-state index in [-0.39, 0.29) is 5.82 Å². The molecular weight excluding hydrogens is 335 g/mol. The summed E-state index contributed by atoms with van der Waals surface area (Å²) in [4.78, 5) is 6.93. The number of hydrogen-bond acceptors (Lipinski definition) is 4. The van der Waals surface area contributed by atoms with E-state index in [1.807, 2.05) is 4.57 Å². The number of hydrogen-bond donors (Lipinski definition) is 1. The van der Waals surface area contributed by atoms with E-state index < -0.39 is 0 Å². The predicted molar refractivity (Wildman–Crippen MR) is 72.8 cm³/mol. The SMILES string of the molecule is Fc1cc2[nH]c(=S)n(CCc3ncno3)c2cc1Br. The van der Waals surface area contributed by atoms with Crippen molar-refractivity contribution in [2.45, 2.75) is 13.0 Å². The zero-order valence-electron chi connectivity index (χ0n) is 9.56. The van der Waals surface area contributed by atoms with Crippen molar-refractivity contribution < 1.29 is 8.91 Å². The number of fused-ring (bicyclic) bond motifs is 1. The average molecular weight is 343 g/mol. The molecule has 3 rings (SSSR count). The van der Waals surface area contributed by atoms with Crippen LogP contribution in [0.2, 0.25) is 0 Å². The van der Waals surface area contributed by atoms with E-state index in [1.54, 1.807) is 6.07 Å². The van der Waals surface area contributed by atoms with E-state index in [1.165, 1.54) is 12.4 Å². The zero-order chi connectivity index (χ0) is 13.4. The smallest absolute Gasteiger partial charge is 0.228 e. The van der Waals surface area contributed by atoms with Crippen molar-refractivity contribution in [3.63, 3.8) is 0 Å². The number of nitrogens with one attached hydrogen (secondary N) is 1. The third kappa shape index (κ3) is 2.33. The standard InChI is InChI=1S/C11H8BrFN4OS/c12-6-3-9-8(4-7(6)13)16-11(19)17(9)2-1-10-14-5-15-18-10/h3-5H,1-2H2,(H,16,19). The Balaban J connectivity index is 2.00. The lowest BCUT2D eigenvalue weighted by Crippen LogP contribution is -2.01. The highest BCUT2D eigenvalue weighted by atomic mass is 79.9.